The third kappa shape index (κ3) is 2.72. The molecule has 3 aromatic rings. The van der Waals surface area contributed by atoms with Crippen LogP contribution in [0.3, 0.4) is 0 Å². The summed E-state index contributed by atoms with van der Waals surface area (Å²) in [6, 6.07) is 16.2. The zero-order valence-corrected chi connectivity index (χ0v) is 13.5. The number of amides is 1. The first-order chi connectivity index (χ1) is 12.1. The summed E-state index contributed by atoms with van der Waals surface area (Å²) in [5.41, 5.74) is 0.504. The predicted molar refractivity (Wildman–Crippen MR) is 93.5 cm³/mol. The van der Waals surface area contributed by atoms with Gasteiger partial charge in [-0.25, -0.2) is 4.79 Å². The van der Waals surface area contributed by atoms with Crippen molar-refractivity contribution in [3.63, 3.8) is 0 Å². The van der Waals surface area contributed by atoms with Crippen molar-refractivity contribution in [2.45, 2.75) is 18.4 Å². The van der Waals surface area contributed by atoms with Crippen LogP contribution in [-0.4, -0.2) is 17.6 Å². The molecule has 1 amide bonds. The lowest BCUT2D eigenvalue weighted by Gasteiger charge is -2.24. The van der Waals surface area contributed by atoms with Crippen LogP contribution in [0.25, 0.3) is 11.0 Å². The number of aliphatic hydroxyl groups is 1. The normalized spacial score (nSPS) is 18.9. The Morgan fingerprint density at radius 1 is 1.16 bits per heavy atom. The molecule has 1 unspecified atom stereocenters. The predicted octanol–water partition coefficient (Wildman–Crippen LogP) is 2.36. The summed E-state index contributed by atoms with van der Waals surface area (Å²) < 4.78 is 5.19. The van der Waals surface area contributed by atoms with Gasteiger partial charge >= 0.3 is 5.63 Å². The SMILES string of the molecule is O=C(NCC1(O)CCc2ccccc21)c1cc2ccccc2oc1=O. The Kier molecular flexibility index (Phi) is 3.66. The van der Waals surface area contributed by atoms with Crippen LogP contribution in [0.15, 0.2) is 63.8 Å². The molecular formula is C20H17NO4. The molecule has 0 radical (unpaired) electrons. The Balaban J connectivity index is 1.57. The van der Waals surface area contributed by atoms with Crippen molar-refractivity contribution in [3.8, 4) is 0 Å². The number of aryl methyl sites for hydroxylation is 1. The fraction of sp³-hybridized carbons (Fsp3) is 0.200. The minimum atomic E-state index is -1.11. The standard InChI is InChI=1S/C20H17NO4/c22-18(15-11-14-6-2-4-8-17(14)25-19(15)23)21-12-20(24)10-9-13-5-1-3-7-16(13)20/h1-8,11,24H,9-10,12H2,(H,21,22). The van der Waals surface area contributed by atoms with Crippen LogP contribution in [0.2, 0.25) is 0 Å². The van der Waals surface area contributed by atoms with Crippen molar-refractivity contribution < 1.29 is 14.3 Å². The van der Waals surface area contributed by atoms with Crippen LogP contribution in [0, 0.1) is 0 Å². The first kappa shape index (κ1) is 15.6. The Morgan fingerprint density at radius 2 is 1.92 bits per heavy atom. The molecule has 2 aromatic carbocycles. The smallest absolute Gasteiger partial charge is 0.349 e. The van der Waals surface area contributed by atoms with Crippen molar-refractivity contribution in [1.29, 1.82) is 0 Å². The summed E-state index contributed by atoms with van der Waals surface area (Å²) in [5, 5.41) is 14.2. The number of carbonyl (C=O) groups excluding carboxylic acids is 1. The molecule has 2 N–H and O–H groups in total. The van der Waals surface area contributed by atoms with Gasteiger partial charge in [-0.05, 0) is 36.1 Å². The van der Waals surface area contributed by atoms with Crippen LogP contribution in [0.4, 0.5) is 0 Å². The maximum atomic E-state index is 12.4. The average molecular weight is 335 g/mol. The van der Waals surface area contributed by atoms with Gasteiger partial charge in [0.15, 0.2) is 0 Å². The van der Waals surface area contributed by atoms with Gasteiger partial charge in [0, 0.05) is 5.39 Å². The average Bonchev–Trinajstić information content (AvgIpc) is 2.97. The van der Waals surface area contributed by atoms with Crippen LogP contribution in [0.1, 0.15) is 27.9 Å². The van der Waals surface area contributed by atoms with E-state index in [9.17, 15) is 14.7 Å². The van der Waals surface area contributed by atoms with Gasteiger partial charge in [-0.1, -0.05) is 42.5 Å². The molecule has 0 bridgehead atoms. The molecule has 1 aromatic heterocycles. The molecular weight excluding hydrogens is 318 g/mol. The molecule has 5 nitrogen and oxygen atoms in total. The fourth-order valence-corrected chi connectivity index (χ4v) is 3.39. The molecule has 0 spiro atoms. The molecule has 126 valence electrons. The quantitative estimate of drug-likeness (QED) is 0.720. The van der Waals surface area contributed by atoms with Gasteiger partial charge in [-0.2, -0.15) is 0 Å². The van der Waals surface area contributed by atoms with Crippen molar-refractivity contribution in [2.24, 2.45) is 0 Å². The van der Waals surface area contributed by atoms with Crippen molar-refractivity contribution >= 4 is 16.9 Å². The molecule has 0 saturated heterocycles. The van der Waals surface area contributed by atoms with Gasteiger partial charge in [0.25, 0.3) is 5.91 Å². The number of benzene rings is 2. The number of hydrogen-bond acceptors (Lipinski definition) is 4. The number of hydrogen-bond donors (Lipinski definition) is 2. The Labute approximate surface area is 143 Å². The van der Waals surface area contributed by atoms with E-state index in [0.717, 1.165) is 17.5 Å². The lowest BCUT2D eigenvalue weighted by Crippen LogP contribution is -2.40. The monoisotopic (exact) mass is 335 g/mol. The largest absolute Gasteiger partial charge is 0.422 e. The maximum absolute atomic E-state index is 12.4. The Bertz CT molecular complexity index is 1020. The molecule has 25 heavy (non-hydrogen) atoms. The van der Waals surface area contributed by atoms with Crippen molar-refractivity contribution in [3.05, 3.63) is 81.7 Å². The van der Waals surface area contributed by atoms with E-state index in [1.807, 2.05) is 30.3 Å². The highest BCUT2D eigenvalue weighted by Crippen LogP contribution is 2.36. The van der Waals surface area contributed by atoms with Crippen molar-refractivity contribution in [2.75, 3.05) is 6.54 Å². The van der Waals surface area contributed by atoms with Gasteiger partial charge < -0.3 is 14.8 Å². The van der Waals surface area contributed by atoms with Gasteiger partial charge in [0.2, 0.25) is 0 Å². The topological polar surface area (TPSA) is 79.5 Å². The summed E-state index contributed by atoms with van der Waals surface area (Å²) in [6.45, 7) is 0.0507. The van der Waals surface area contributed by atoms with E-state index >= 15 is 0 Å². The highest BCUT2D eigenvalue weighted by molar-refractivity contribution is 5.96. The number of carbonyl (C=O) groups is 1. The second-order valence-corrected chi connectivity index (χ2v) is 6.36. The zero-order chi connectivity index (χ0) is 17.4. The summed E-state index contributed by atoms with van der Waals surface area (Å²) in [6.07, 6.45) is 1.31. The molecule has 0 saturated carbocycles. The summed E-state index contributed by atoms with van der Waals surface area (Å²) in [4.78, 5) is 24.5. The summed E-state index contributed by atoms with van der Waals surface area (Å²) in [5.74, 6) is -0.544. The summed E-state index contributed by atoms with van der Waals surface area (Å²) in [7, 11) is 0. The highest BCUT2D eigenvalue weighted by Gasteiger charge is 2.36. The second-order valence-electron chi connectivity index (χ2n) is 6.36. The summed E-state index contributed by atoms with van der Waals surface area (Å²) >= 11 is 0. The minimum Gasteiger partial charge on any atom is -0.422 e. The molecule has 0 aliphatic heterocycles. The zero-order valence-electron chi connectivity index (χ0n) is 13.5. The highest BCUT2D eigenvalue weighted by atomic mass is 16.4. The van der Waals surface area contributed by atoms with Crippen LogP contribution in [0.5, 0.6) is 0 Å². The van der Waals surface area contributed by atoms with E-state index in [2.05, 4.69) is 5.32 Å². The van der Waals surface area contributed by atoms with E-state index in [0.29, 0.717) is 17.4 Å². The fourth-order valence-electron chi connectivity index (χ4n) is 3.39. The molecule has 1 atom stereocenters. The van der Waals surface area contributed by atoms with Gasteiger partial charge in [0.05, 0.1) is 6.54 Å². The third-order valence-electron chi connectivity index (χ3n) is 4.75. The molecule has 1 aliphatic carbocycles. The van der Waals surface area contributed by atoms with Crippen LogP contribution < -0.4 is 10.9 Å². The van der Waals surface area contributed by atoms with E-state index in [1.165, 1.54) is 6.07 Å². The number of para-hydroxylation sites is 1. The van der Waals surface area contributed by atoms with E-state index in [4.69, 9.17) is 4.42 Å². The van der Waals surface area contributed by atoms with E-state index in [-0.39, 0.29) is 12.1 Å². The Hall–Kier alpha value is -2.92. The van der Waals surface area contributed by atoms with Crippen LogP contribution >= 0.6 is 0 Å². The second kappa shape index (κ2) is 5.86. The van der Waals surface area contributed by atoms with Crippen molar-refractivity contribution in [1.82, 2.24) is 5.32 Å². The molecule has 1 heterocycles. The molecule has 5 heteroatoms. The molecule has 1 aliphatic rings. The van der Waals surface area contributed by atoms with E-state index in [1.54, 1.807) is 18.2 Å². The first-order valence-electron chi connectivity index (χ1n) is 8.19. The number of rotatable bonds is 3. The molecule has 0 fully saturated rings. The third-order valence-corrected chi connectivity index (χ3v) is 4.75. The first-order valence-corrected chi connectivity index (χ1v) is 8.19. The lowest BCUT2D eigenvalue weighted by molar-refractivity contribution is 0.0369. The number of nitrogens with one attached hydrogen (secondary N) is 1. The van der Waals surface area contributed by atoms with Gasteiger partial charge in [0.1, 0.15) is 16.7 Å². The minimum absolute atomic E-state index is 0.0507. The maximum Gasteiger partial charge on any atom is 0.349 e. The van der Waals surface area contributed by atoms with Gasteiger partial charge in [-0.3, -0.25) is 4.79 Å². The lowest BCUT2D eigenvalue weighted by atomic mass is 9.96. The Morgan fingerprint density at radius 3 is 2.80 bits per heavy atom. The van der Waals surface area contributed by atoms with Crippen LogP contribution in [-0.2, 0) is 12.0 Å². The van der Waals surface area contributed by atoms with E-state index < -0.39 is 17.1 Å². The van der Waals surface area contributed by atoms with Gasteiger partial charge in [-0.15, -0.1) is 0 Å². The number of fused-ring (bicyclic) bond motifs is 2. The molecule has 4 rings (SSSR count).